The molecule has 2 rings (SSSR count). The lowest BCUT2D eigenvalue weighted by atomic mass is 9.85. The van der Waals surface area contributed by atoms with E-state index in [-0.39, 0.29) is 23.7 Å². The van der Waals surface area contributed by atoms with Crippen molar-refractivity contribution in [3.8, 4) is 0 Å². The van der Waals surface area contributed by atoms with E-state index in [1.54, 1.807) is 4.90 Å². The van der Waals surface area contributed by atoms with E-state index in [9.17, 15) is 9.59 Å². The fourth-order valence-electron chi connectivity index (χ4n) is 2.47. The Kier molecular flexibility index (Phi) is 3.35. The Balaban J connectivity index is 2.38. The molecule has 1 aliphatic heterocycles. The van der Waals surface area contributed by atoms with Crippen LogP contribution in [0.3, 0.4) is 0 Å². The second-order valence-electron chi connectivity index (χ2n) is 6.07. The van der Waals surface area contributed by atoms with Crippen LogP contribution in [0, 0.1) is 5.92 Å². The Morgan fingerprint density at radius 3 is 2.47 bits per heavy atom. The van der Waals surface area contributed by atoms with Gasteiger partial charge in [-0.1, -0.05) is 39.0 Å². The van der Waals surface area contributed by atoms with Crippen LogP contribution in [0.25, 0.3) is 0 Å². The number of carbonyl (C=O) groups excluding carboxylic acids is 2. The van der Waals surface area contributed by atoms with Gasteiger partial charge in [-0.05, 0) is 17.0 Å². The summed E-state index contributed by atoms with van der Waals surface area (Å²) >= 11 is 0. The molecule has 0 aromatic heterocycles. The van der Waals surface area contributed by atoms with Crippen LogP contribution in [0.4, 0.5) is 5.69 Å². The Labute approximate surface area is 113 Å². The Bertz CT molecular complexity index is 517. The molecule has 1 heterocycles. The average Bonchev–Trinajstić information content (AvgIpc) is 2.70. The molecule has 0 aliphatic carbocycles. The molecule has 1 atom stereocenters. The van der Waals surface area contributed by atoms with Crippen LogP contribution in [0.15, 0.2) is 24.3 Å². The number of para-hydroxylation sites is 1. The SMILES string of the molecule is CC(C)(C)c1ccccc1N1CC(C(N)=O)CC1=O. The summed E-state index contributed by atoms with van der Waals surface area (Å²) in [5, 5.41) is 0. The molecule has 1 saturated heterocycles. The second kappa shape index (κ2) is 4.68. The van der Waals surface area contributed by atoms with Crippen LogP contribution < -0.4 is 10.6 Å². The predicted molar refractivity (Wildman–Crippen MR) is 74.8 cm³/mol. The standard InChI is InChI=1S/C15H20N2O2/c1-15(2,3)11-6-4-5-7-12(11)17-9-10(14(16)19)8-13(17)18/h4-7,10H,8-9H2,1-3H3,(H2,16,19). The summed E-state index contributed by atoms with van der Waals surface area (Å²) in [5.74, 6) is -0.801. The number of anilines is 1. The summed E-state index contributed by atoms with van der Waals surface area (Å²) in [6.45, 7) is 6.72. The first kappa shape index (κ1) is 13.6. The van der Waals surface area contributed by atoms with Gasteiger partial charge in [0.2, 0.25) is 11.8 Å². The third-order valence-corrected chi connectivity index (χ3v) is 3.53. The molecular formula is C15H20N2O2. The molecule has 0 saturated carbocycles. The molecular weight excluding hydrogens is 240 g/mol. The van der Waals surface area contributed by atoms with E-state index in [4.69, 9.17) is 5.73 Å². The van der Waals surface area contributed by atoms with Crippen molar-refractivity contribution in [2.75, 3.05) is 11.4 Å². The van der Waals surface area contributed by atoms with Gasteiger partial charge >= 0.3 is 0 Å². The first-order chi connectivity index (χ1) is 8.80. The molecule has 1 aromatic carbocycles. The Hall–Kier alpha value is -1.84. The Morgan fingerprint density at radius 1 is 1.32 bits per heavy atom. The van der Waals surface area contributed by atoms with Crippen molar-refractivity contribution in [1.29, 1.82) is 0 Å². The van der Waals surface area contributed by atoms with Gasteiger partial charge in [0.1, 0.15) is 0 Å². The van der Waals surface area contributed by atoms with Crippen LogP contribution in [-0.4, -0.2) is 18.4 Å². The molecule has 2 N–H and O–H groups in total. The third kappa shape index (κ3) is 2.62. The minimum absolute atomic E-state index is 0.0273. The minimum Gasteiger partial charge on any atom is -0.369 e. The highest BCUT2D eigenvalue weighted by molar-refractivity contribution is 6.00. The number of benzene rings is 1. The molecule has 19 heavy (non-hydrogen) atoms. The maximum absolute atomic E-state index is 12.1. The molecule has 1 aliphatic rings. The first-order valence-electron chi connectivity index (χ1n) is 6.50. The number of hydrogen-bond acceptors (Lipinski definition) is 2. The van der Waals surface area contributed by atoms with Gasteiger partial charge in [0, 0.05) is 18.7 Å². The lowest BCUT2D eigenvalue weighted by Gasteiger charge is -2.27. The fraction of sp³-hybridized carbons (Fsp3) is 0.467. The van der Waals surface area contributed by atoms with Crippen LogP contribution >= 0.6 is 0 Å². The average molecular weight is 260 g/mol. The summed E-state index contributed by atoms with van der Waals surface area (Å²) in [4.78, 5) is 25.0. The number of hydrogen-bond donors (Lipinski definition) is 1. The van der Waals surface area contributed by atoms with Gasteiger partial charge in [-0.25, -0.2) is 0 Å². The zero-order chi connectivity index (χ0) is 14.2. The van der Waals surface area contributed by atoms with Gasteiger partial charge in [0.25, 0.3) is 0 Å². The molecule has 0 radical (unpaired) electrons. The summed E-state index contributed by atoms with van der Waals surface area (Å²) < 4.78 is 0. The number of carbonyl (C=O) groups is 2. The second-order valence-corrected chi connectivity index (χ2v) is 6.07. The summed E-state index contributed by atoms with van der Waals surface area (Å²) in [6, 6.07) is 7.84. The lowest BCUT2D eigenvalue weighted by Crippen LogP contribution is -2.30. The molecule has 1 aromatic rings. The van der Waals surface area contributed by atoms with Crippen molar-refractivity contribution in [3.05, 3.63) is 29.8 Å². The van der Waals surface area contributed by atoms with E-state index in [2.05, 4.69) is 20.8 Å². The molecule has 4 heteroatoms. The number of amides is 2. The van der Waals surface area contributed by atoms with Gasteiger partial charge in [0.15, 0.2) is 0 Å². The smallest absolute Gasteiger partial charge is 0.227 e. The molecule has 2 amide bonds. The van der Waals surface area contributed by atoms with E-state index < -0.39 is 5.91 Å². The highest BCUT2D eigenvalue weighted by atomic mass is 16.2. The molecule has 0 spiro atoms. The van der Waals surface area contributed by atoms with Crippen LogP contribution in [0.1, 0.15) is 32.8 Å². The van der Waals surface area contributed by atoms with E-state index in [0.29, 0.717) is 6.54 Å². The van der Waals surface area contributed by atoms with Crippen molar-refractivity contribution in [2.45, 2.75) is 32.6 Å². The quantitative estimate of drug-likeness (QED) is 0.881. The normalized spacial score (nSPS) is 19.8. The largest absolute Gasteiger partial charge is 0.369 e. The van der Waals surface area contributed by atoms with E-state index in [1.807, 2.05) is 24.3 Å². The number of nitrogens with zero attached hydrogens (tertiary/aromatic N) is 1. The number of rotatable bonds is 2. The number of primary amides is 1. The molecule has 1 fully saturated rings. The molecule has 102 valence electrons. The van der Waals surface area contributed by atoms with Crippen LogP contribution in [-0.2, 0) is 15.0 Å². The molecule has 0 bridgehead atoms. The van der Waals surface area contributed by atoms with Crippen molar-refractivity contribution in [2.24, 2.45) is 11.7 Å². The topological polar surface area (TPSA) is 63.4 Å². The Morgan fingerprint density at radius 2 is 1.95 bits per heavy atom. The predicted octanol–water partition coefficient (Wildman–Crippen LogP) is 1.82. The molecule has 1 unspecified atom stereocenters. The van der Waals surface area contributed by atoms with Gasteiger partial charge in [-0.2, -0.15) is 0 Å². The van der Waals surface area contributed by atoms with E-state index >= 15 is 0 Å². The third-order valence-electron chi connectivity index (χ3n) is 3.53. The van der Waals surface area contributed by atoms with Crippen molar-refractivity contribution in [1.82, 2.24) is 0 Å². The van der Waals surface area contributed by atoms with Crippen LogP contribution in [0.2, 0.25) is 0 Å². The van der Waals surface area contributed by atoms with Gasteiger partial charge in [0.05, 0.1) is 5.92 Å². The maximum atomic E-state index is 12.1. The van der Waals surface area contributed by atoms with Crippen molar-refractivity contribution in [3.63, 3.8) is 0 Å². The summed E-state index contributed by atoms with van der Waals surface area (Å²) in [7, 11) is 0. The highest BCUT2D eigenvalue weighted by Crippen LogP contribution is 2.34. The zero-order valence-electron chi connectivity index (χ0n) is 11.6. The number of nitrogens with two attached hydrogens (primary N) is 1. The first-order valence-corrected chi connectivity index (χ1v) is 6.50. The van der Waals surface area contributed by atoms with Gasteiger partial charge < -0.3 is 10.6 Å². The van der Waals surface area contributed by atoms with Crippen LogP contribution in [0.5, 0.6) is 0 Å². The maximum Gasteiger partial charge on any atom is 0.227 e. The van der Waals surface area contributed by atoms with E-state index in [1.165, 1.54) is 0 Å². The zero-order valence-corrected chi connectivity index (χ0v) is 11.6. The summed E-state index contributed by atoms with van der Waals surface area (Å²) in [6.07, 6.45) is 0.216. The minimum atomic E-state index is -0.399. The van der Waals surface area contributed by atoms with Crippen molar-refractivity contribution < 1.29 is 9.59 Å². The molecule has 4 nitrogen and oxygen atoms in total. The van der Waals surface area contributed by atoms with Gasteiger partial charge in [-0.3, -0.25) is 9.59 Å². The highest BCUT2D eigenvalue weighted by Gasteiger charge is 2.35. The van der Waals surface area contributed by atoms with E-state index in [0.717, 1.165) is 11.3 Å². The van der Waals surface area contributed by atoms with Gasteiger partial charge in [-0.15, -0.1) is 0 Å². The summed E-state index contributed by atoms with van der Waals surface area (Å²) in [5.41, 5.74) is 7.25. The lowest BCUT2D eigenvalue weighted by molar-refractivity contribution is -0.123. The fourth-order valence-corrected chi connectivity index (χ4v) is 2.47. The monoisotopic (exact) mass is 260 g/mol. The van der Waals surface area contributed by atoms with Crippen molar-refractivity contribution >= 4 is 17.5 Å².